The van der Waals surface area contributed by atoms with Gasteiger partial charge in [0.1, 0.15) is 18.1 Å². The number of aliphatic imine (C=N–C) groups is 1. The first-order valence-electron chi connectivity index (χ1n) is 11.5. The van der Waals surface area contributed by atoms with Gasteiger partial charge in [-0.3, -0.25) is 24.2 Å². The molecule has 0 fully saturated rings. The van der Waals surface area contributed by atoms with Gasteiger partial charge in [0.15, 0.2) is 5.96 Å². The van der Waals surface area contributed by atoms with Gasteiger partial charge >= 0.3 is 11.9 Å². The maximum atomic E-state index is 12.8. The number of carbonyl (C=O) groups excluding carboxylic acids is 3. The van der Waals surface area contributed by atoms with Gasteiger partial charge in [-0.2, -0.15) is 0 Å². The average Bonchev–Trinajstić information content (AvgIpc) is 2.75. The van der Waals surface area contributed by atoms with E-state index in [0.717, 1.165) is 0 Å². The average molecular weight is 518 g/mol. The molecule has 0 aromatic rings. The lowest BCUT2D eigenvalue weighted by Crippen LogP contribution is -2.59. The summed E-state index contributed by atoms with van der Waals surface area (Å²) < 4.78 is 0. The molecule has 12 N–H and O–H groups in total. The summed E-state index contributed by atoms with van der Waals surface area (Å²) in [4.78, 5) is 64.2. The summed E-state index contributed by atoms with van der Waals surface area (Å²) in [7, 11) is 0. The van der Waals surface area contributed by atoms with E-state index in [-0.39, 0.29) is 37.7 Å². The summed E-state index contributed by atoms with van der Waals surface area (Å²) in [5, 5.41) is 35.3. The highest BCUT2D eigenvalue weighted by atomic mass is 16.4. The van der Waals surface area contributed by atoms with Crippen molar-refractivity contribution in [3.63, 3.8) is 0 Å². The molecule has 0 heterocycles. The van der Waals surface area contributed by atoms with Crippen LogP contribution in [-0.4, -0.2) is 87.8 Å². The Balaban J connectivity index is 5.43. The van der Waals surface area contributed by atoms with E-state index in [0.29, 0.717) is 6.42 Å². The maximum absolute atomic E-state index is 12.8. The number of nitrogens with one attached hydrogen (secondary N) is 3. The molecule has 0 rings (SSSR count). The fraction of sp³-hybridized carbons (Fsp3) is 0.714. The number of nitrogens with two attached hydrogens (primary N) is 3. The smallest absolute Gasteiger partial charge is 0.326 e. The van der Waals surface area contributed by atoms with E-state index in [1.165, 1.54) is 6.92 Å². The Bertz CT molecular complexity index is 799. The number of guanidine groups is 1. The molecule has 15 nitrogen and oxygen atoms in total. The number of amides is 3. The Labute approximate surface area is 209 Å². The number of carboxylic acid groups (broad SMARTS) is 2. The number of aliphatic carboxylic acids is 2. The zero-order valence-electron chi connectivity index (χ0n) is 20.8. The van der Waals surface area contributed by atoms with Crippen LogP contribution in [0.25, 0.3) is 0 Å². The molecule has 0 aliphatic carbocycles. The topological polar surface area (TPSA) is 273 Å². The molecule has 0 saturated heterocycles. The van der Waals surface area contributed by atoms with E-state index in [1.54, 1.807) is 0 Å². The standard InChI is InChI=1S/C21H39N7O8/c1-10(2)9-12(22)17(32)26-13(6-7-15(30)31)18(33)28-16(11(3)29)19(34)27-14(20(35)36)5-4-8-25-21(23)24/h10-14,16,29H,4-9,22H2,1-3H3,(H,26,32)(H,27,34)(H,28,33)(H,30,31)(H,35,36)(H4,23,24,25). The van der Waals surface area contributed by atoms with Crippen LogP contribution in [0.15, 0.2) is 4.99 Å². The number of carbonyl (C=O) groups is 5. The largest absolute Gasteiger partial charge is 0.481 e. The first kappa shape index (κ1) is 32.5. The lowest BCUT2D eigenvalue weighted by atomic mass is 10.0. The van der Waals surface area contributed by atoms with Crippen LogP contribution in [0.4, 0.5) is 0 Å². The zero-order valence-corrected chi connectivity index (χ0v) is 20.8. The highest BCUT2D eigenvalue weighted by Crippen LogP contribution is 2.07. The van der Waals surface area contributed by atoms with Crippen LogP contribution in [-0.2, 0) is 24.0 Å². The van der Waals surface area contributed by atoms with Gasteiger partial charge in [0.25, 0.3) is 0 Å². The fourth-order valence-corrected chi connectivity index (χ4v) is 3.11. The lowest BCUT2D eigenvalue weighted by Gasteiger charge is -2.26. The molecule has 5 atom stereocenters. The summed E-state index contributed by atoms with van der Waals surface area (Å²) >= 11 is 0. The van der Waals surface area contributed by atoms with Crippen LogP contribution in [0.5, 0.6) is 0 Å². The molecule has 36 heavy (non-hydrogen) atoms. The van der Waals surface area contributed by atoms with Crippen LogP contribution in [0.2, 0.25) is 0 Å². The van der Waals surface area contributed by atoms with Crippen molar-refractivity contribution in [2.75, 3.05) is 6.54 Å². The summed E-state index contributed by atoms with van der Waals surface area (Å²) in [5.74, 6) is -5.27. The number of aliphatic hydroxyl groups is 1. The molecule has 0 radical (unpaired) electrons. The van der Waals surface area contributed by atoms with E-state index < -0.39 is 66.4 Å². The second-order valence-electron chi connectivity index (χ2n) is 8.80. The third kappa shape index (κ3) is 13.4. The molecule has 0 aromatic carbocycles. The van der Waals surface area contributed by atoms with E-state index in [1.807, 2.05) is 13.8 Å². The maximum Gasteiger partial charge on any atom is 0.326 e. The van der Waals surface area contributed by atoms with E-state index in [2.05, 4.69) is 20.9 Å². The minimum atomic E-state index is -1.59. The van der Waals surface area contributed by atoms with Gasteiger partial charge in [-0.15, -0.1) is 0 Å². The monoisotopic (exact) mass is 517 g/mol. The van der Waals surface area contributed by atoms with Gasteiger partial charge in [0.2, 0.25) is 17.7 Å². The highest BCUT2D eigenvalue weighted by Gasteiger charge is 2.32. The Morgan fingerprint density at radius 3 is 1.92 bits per heavy atom. The van der Waals surface area contributed by atoms with Crippen LogP contribution >= 0.6 is 0 Å². The fourth-order valence-electron chi connectivity index (χ4n) is 3.11. The predicted octanol–water partition coefficient (Wildman–Crippen LogP) is -2.80. The van der Waals surface area contributed by atoms with Crippen molar-refractivity contribution in [1.29, 1.82) is 0 Å². The molecule has 0 spiro atoms. The molecule has 15 heteroatoms. The minimum Gasteiger partial charge on any atom is -0.481 e. The number of nitrogens with zero attached hydrogens (tertiary/aromatic N) is 1. The quantitative estimate of drug-likeness (QED) is 0.0539. The summed E-state index contributed by atoms with van der Waals surface area (Å²) in [6.45, 7) is 5.02. The van der Waals surface area contributed by atoms with Gasteiger partial charge in [-0.1, -0.05) is 13.8 Å². The molecule has 0 aromatic heterocycles. The predicted molar refractivity (Wildman–Crippen MR) is 129 cm³/mol. The summed E-state index contributed by atoms with van der Waals surface area (Å²) in [6, 6.07) is -5.26. The van der Waals surface area contributed by atoms with Crippen molar-refractivity contribution >= 4 is 35.6 Å². The zero-order chi connectivity index (χ0) is 28.0. The van der Waals surface area contributed by atoms with Gasteiger partial charge in [0, 0.05) is 13.0 Å². The molecule has 3 amide bonds. The molecule has 0 aliphatic rings. The van der Waals surface area contributed by atoms with E-state index >= 15 is 0 Å². The van der Waals surface area contributed by atoms with Crippen molar-refractivity contribution in [2.45, 2.75) is 83.1 Å². The number of carboxylic acids is 2. The van der Waals surface area contributed by atoms with Crippen molar-refractivity contribution in [2.24, 2.45) is 28.1 Å². The number of hydrogen-bond acceptors (Lipinski definition) is 8. The third-order valence-electron chi connectivity index (χ3n) is 4.96. The molecule has 0 saturated carbocycles. The van der Waals surface area contributed by atoms with Gasteiger partial charge in [-0.25, -0.2) is 4.79 Å². The van der Waals surface area contributed by atoms with E-state index in [9.17, 15) is 34.2 Å². The normalized spacial score (nSPS) is 15.1. The number of hydrogen-bond donors (Lipinski definition) is 9. The lowest BCUT2D eigenvalue weighted by molar-refractivity contribution is -0.143. The molecule has 0 aliphatic heterocycles. The van der Waals surface area contributed by atoms with Crippen LogP contribution in [0.1, 0.15) is 52.9 Å². The molecular formula is C21H39N7O8. The second kappa shape index (κ2) is 16.3. The minimum absolute atomic E-state index is 0.0383. The highest BCUT2D eigenvalue weighted by molar-refractivity contribution is 5.94. The van der Waals surface area contributed by atoms with Gasteiger partial charge < -0.3 is 48.5 Å². The summed E-state index contributed by atoms with van der Waals surface area (Å²) in [5.41, 5.74) is 16.2. The van der Waals surface area contributed by atoms with Gasteiger partial charge in [0.05, 0.1) is 12.1 Å². The van der Waals surface area contributed by atoms with Crippen LogP contribution in [0.3, 0.4) is 0 Å². The molecule has 0 bridgehead atoms. The Hall–Kier alpha value is -3.46. The van der Waals surface area contributed by atoms with Crippen LogP contribution in [0, 0.1) is 5.92 Å². The van der Waals surface area contributed by atoms with Crippen molar-refractivity contribution in [3.8, 4) is 0 Å². The Morgan fingerprint density at radius 2 is 1.44 bits per heavy atom. The first-order valence-corrected chi connectivity index (χ1v) is 11.5. The third-order valence-corrected chi connectivity index (χ3v) is 4.96. The molecular weight excluding hydrogens is 478 g/mol. The number of rotatable bonds is 17. The van der Waals surface area contributed by atoms with Gasteiger partial charge in [-0.05, 0) is 38.5 Å². The molecule has 5 unspecified atom stereocenters. The second-order valence-corrected chi connectivity index (χ2v) is 8.80. The van der Waals surface area contributed by atoms with Crippen molar-refractivity contribution in [1.82, 2.24) is 16.0 Å². The summed E-state index contributed by atoms with van der Waals surface area (Å²) in [6.07, 6.45) is -1.73. The van der Waals surface area contributed by atoms with Crippen LogP contribution < -0.4 is 33.2 Å². The number of aliphatic hydroxyl groups excluding tert-OH is 1. The van der Waals surface area contributed by atoms with Crippen molar-refractivity contribution in [3.05, 3.63) is 0 Å². The Kier molecular flexibility index (Phi) is 14.7. The van der Waals surface area contributed by atoms with E-state index in [4.69, 9.17) is 22.3 Å². The Morgan fingerprint density at radius 1 is 0.861 bits per heavy atom. The first-order chi connectivity index (χ1) is 16.6. The SMILES string of the molecule is CC(C)CC(N)C(=O)NC(CCC(=O)O)C(=O)NC(C(=O)NC(CCCN=C(N)N)C(=O)O)C(C)O. The molecule has 206 valence electrons. The van der Waals surface area contributed by atoms with Crippen molar-refractivity contribution < 1.29 is 39.3 Å².